The standard InChI is InChI=1S/C4Cl5.Na/c5-1-2(6)3(7)4(8)9;. The SMILES string of the molecule is [Na][C](Cl)=C(Cl)C(Cl)=C(Cl)Cl. The second kappa shape index (κ2) is 5.55. The molecule has 0 aliphatic rings. The molecule has 0 aliphatic carbocycles. The zero-order valence-corrected chi connectivity index (χ0v) is 10.7. The van der Waals surface area contributed by atoms with Gasteiger partial charge in [0.15, 0.2) is 0 Å². The summed E-state index contributed by atoms with van der Waals surface area (Å²) >= 11 is 27.9. The Morgan fingerprint density at radius 3 is 1.30 bits per heavy atom. The van der Waals surface area contributed by atoms with Gasteiger partial charge in [0, 0.05) is 0 Å². The van der Waals surface area contributed by atoms with Crippen molar-refractivity contribution in [3.63, 3.8) is 0 Å². The second-order valence-corrected chi connectivity index (χ2v) is 5.33. The van der Waals surface area contributed by atoms with Gasteiger partial charge in [-0.3, -0.25) is 0 Å². The third kappa shape index (κ3) is 4.08. The quantitative estimate of drug-likeness (QED) is 0.490. The molecule has 0 N–H and O–H groups in total. The zero-order chi connectivity index (χ0) is 8.31. The van der Waals surface area contributed by atoms with E-state index in [2.05, 4.69) is 0 Å². The van der Waals surface area contributed by atoms with Gasteiger partial charge >= 0.3 is 103 Å². The molecule has 0 aromatic rings. The molecule has 6 heteroatoms. The van der Waals surface area contributed by atoms with E-state index in [1.807, 2.05) is 0 Å². The number of hydrogen-bond acceptors (Lipinski definition) is 0. The summed E-state index contributed by atoms with van der Waals surface area (Å²) in [7, 11) is 0. The van der Waals surface area contributed by atoms with Crippen LogP contribution in [0, 0.1) is 0 Å². The molecule has 0 nitrogen and oxygen atoms in total. The van der Waals surface area contributed by atoms with E-state index in [9.17, 15) is 0 Å². The molecule has 0 heterocycles. The van der Waals surface area contributed by atoms with Crippen molar-refractivity contribution in [3.05, 3.63) is 16.8 Å². The summed E-state index contributed by atoms with van der Waals surface area (Å²) in [5.41, 5.74) is 0. The van der Waals surface area contributed by atoms with Crippen molar-refractivity contribution >= 4 is 85.9 Å². The van der Waals surface area contributed by atoms with Gasteiger partial charge in [-0.15, -0.1) is 0 Å². The van der Waals surface area contributed by atoms with Crippen LogP contribution in [0.5, 0.6) is 0 Å². The van der Waals surface area contributed by atoms with Gasteiger partial charge in [-0.25, -0.2) is 0 Å². The molecule has 0 unspecified atom stereocenters. The Hall–Kier alpha value is 1.93. The maximum absolute atomic E-state index is 5.58. The first-order valence-corrected chi connectivity index (χ1v) is 5.08. The van der Waals surface area contributed by atoms with E-state index >= 15 is 0 Å². The second-order valence-electron chi connectivity index (χ2n) is 1.42. The van der Waals surface area contributed by atoms with Crippen LogP contribution in [0.2, 0.25) is 0 Å². The Morgan fingerprint density at radius 2 is 1.20 bits per heavy atom. The van der Waals surface area contributed by atoms with Crippen molar-refractivity contribution < 1.29 is 0 Å². The molecule has 0 aromatic carbocycles. The van der Waals surface area contributed by atoms with Gasteiger partial charge < -0.3 is 0 Å². The number of rotatable bonds is 1. The fourth-order valence-electron chi connectivity index (χ4n) is 0.234. The van der Waals surface area contributed by atoms with Crippen molar-refractivity contribution in [3.8, 4) is 0 Å². The fraction of sp³-hybridized carbons (Fsp3) is 0. The topological polar surface area (TPSA) is 0 Å². The Kier molecular flexibility index (Phi) is 6.63. The Morgan fingerprint density at radius 1 is 0.800 bits per heavy atom. The van der Waals surface area contributed by atoms with Gasteiger partial charge in [0.1, 0.15) is 0 Å². The molecule has 10 heavy (non-hydrogen) atoms. The van der Waals surface area contributed by atoms with Crippen LogP contribution in [0.1, 0.15) is 0 Å². The van der Waals surface area contributed by atoms with Crippen LogP contribution >= 0.6 is 58.0 Å². The summed E-state index contributed by atoms with van der Waals surface area (Å²) in [6.07, 6.45) is 0. The van der Waals surface area contributed by atoms with Crippen molar-refractivity contribution in [2.24, 2.45) is 0 Å². The van der Waals surface area contributed by atoms with E-state index < -0.39 is 0 Å². The summed E-state index contributed by atoms with van der Waals surface area (Å²) < 4.78 is 0.422. The van der Waals surface area contributed by atoms with E-state index in [-0.39, 0.29) is 14.6 Å². The first kappa shape index (κ1) is 11.9. The molecule has 0 spiro atoms. The molecule has 0 amide bonds. The minimum absolute atomic E-state index is 0.0688. The molecular weight excluding hydrogens is 248 g/mol. The van der Waals surface area contributed by atoms with E-state index in [0.717, 1.165) is 0 Å². The summed E-state index contributed by atoms with van der Waals surface area (Å²) in [5, 5.41) is 0.333. The fourth-order valence-corrected chi connectivity index (χ4v) is 1.31. The van der Waals surface area contributed by atoms with Crippen molar-refractivity contribution in [1.29, 1.82) is 0 Å². The van der Waals surface area contributed by atoms with E-state index in [0.29, 0.717) is 30.2 Å². The molecule has 0 rings (SSSR count). The third-order valence-electron chi connectivity index (χ3n) is 0.661. The van der Waals surface area contributed by atoms with Gasteiger partial charge in [-0.05, 0) is 0 Å². The molecule has 0 radical (unpaired) electrons. The van der Waals surface area contributed by atoms with Crippen molar-refractivity contribution in [2.75, 3.05) is 0 Å². The molecule has 0 fully saturated rings. The summed E-state index contributed by atoms with van der Waals surface area (Å²) in [6.45, 7) is 0. The molecule has 0 aromatic heterocycles. The minimum atomic E-state index is -0.0688. The normalized spacial score (nSPS) is 12.7. The van der Waals surface area contributed by atoms with Crippen LogP contribution in [0.25, 0.3) is 0 Å². The maximum atomic E-state index is 5.58. The molecule has 0 aliphatic heterocycles. The molecule has 52 valence electrons. The summed E-state index contributed by atoms with van der Waals surface area (Å²) in [4.78, 5) is 0. The molecule has 0 saturated heterocycles. The molecular formula is C4Cl5Na. The van der Waals surface area contributed by atoms with Gasteiger partial charge in [0.05, 0.1) is 0 Å². The third-order valence-corrected chi connectivity index (χ3v) is 3.28. The van der Waals surface area contributed by atoms with E-state index in [1.54, 1.807) is 0 Å². The molecule has 0 saturated carbocycles. The van der Waals surface area contributed by atoms with Crippen LogP contribution in [0.15, 0.2) is 16.8 Å². The Labute approximate surface area is 102 Å². The van der Waals surface area contributed by atoms with Crippen LogP contribution < -0.4 is 0 Å². The van der Waals surface area contributed by atoms with Gasteiger partial charge in [0.25, 0.3) is 0 Å². The van der Waals surface area contributed by atoms with Crippen molar-refractivity contribution in [1.82, 2.24) is 0 Å². The number of allylic oxidation sites excluding steroid dienone is 2. The van der Waals surface area contributed by atoms with Crippen LogP contribution in [-0.4, -0.2) is 27.9 Å². The Bertz CT molecular complexity index is 164. The number of hydrogen-bond donors (Lipinski definition) is 0. The number of halogens is 5. The Balaban J connectivity index is 4.71. The average molecular weight is 248 g/mol. The molecule has 0 atom stereocenters. The first-order valence-electron chi connectivity index (χ1n) is 2.19. The summed E-state index contributed by atoms with van der Waals surface area (Å²) in [6, 6.07) is 0. The van der Waals surface area contributed by atoms with Gasteiger partial charge in [0.2, 0.25) is 0 Å². The predicted molar refractivity (Wildman–Crippen MR) is 49.1 cm³/mol. The first-order chi connectivity index (χ1) is 4.46. The monoisotopic (exact) mass is 246 g/mol. The molecule has 0 bridgehead atoms. The van der Waals surface area contributed by atoms with Crippen LogP contribution in [-0.2, 0) is 0 Å². The van der Waals surface area contributed by atoms with Crippen LogP contribution in [0.4, 0.5) is 0 Å². The van der Waals surface area contributed by atoms with E-state index in [1.165, 1.54) is 0 Å². The van der Waals surface area contributed by atoms with E-state index in [4.69, 9.17) is 58.0 Å². The van der Waals surface area contributed by atoms with Crippen LogP contribution in [0.3, 0.4) is 0 Å². The summed E-state index contributed by atoms with van der Waals surface area (Å²) in [5.74, 6) is 0. The van der Waals surface area contributed by atoms with Gasteiger partial charge in [-0.2, -0.15) is 0 Å². The van der Waals surface area contributed by atoms with Crippen molar-refractivity contribution in [2.45, 2.75) is 0 Å². The zero-order valence-electron chi connectivity index (χ0n) is 4.89. The predicted octanol–water partition coefficient (Wildman–Crippen LogP) is 3.69. The average Bonchev–Trinajstić information content (AvgIpc) is 1.84. The van der Waals surface area contributed by atoms with Gasteiger partial charge in [-0.1, -0.05) is 0 Å².